The summed E-state index contributed by atoms with van der Waals surface area (Å²) < 4.78 is 5.81. The van der Waals surface area contributed by atoms with Crippen molar-refractivity contribution in [3.8, 4) is 5.75 Å². The van der Waals surface area contributed by atoms with Crippen LogP contribution in [0, 0.1) is 0 Å². The maximum absolute atomic E-state index is 12.1. The van der Waals surface area contributed by atoms with E-state index in [4.69, 9.17) is 9.84 Å². The van der Waals surface area contributed by atoms with Crippen molar-refractivity contribution in [2.75, 3.05) is 13.7 Å². The first kappa shape index (κ1) is 15.0. The van der Waals surface area contributed by atoms with Crippen molar-refractivity contribution in [2.24, 2.45) is 0 Å². The van der Waals surface area contributed by atoms with E-state index in [0.29, 0.717) is 22.2 Å². The van der Waals surface area contributed by atoms with E-state index in [1.54, 1.807) is 25.3 Å². The second-order valence-corrected chi connectivity index (χ2v) is 5.51. The Balaban J connectivity index is 2.90. The third-order valence-electron chi connectivity index (χ3n) is 2.61. The molecule has 1 rings (SSSR count). The third-order valence-corrected chi connectivity index (χ3v) is 3.30. The number of methoxy groups -OCH3 is 1. The van der Waals surface area contributed by atoms with Crippen LogP contribution in [0.15, 0.2) is 22.7 Å². The third kappa shape index (κ3) is 3.99. The van der Waals surface area contributed by atoms with Gasteiger partial charge in [-0.1, -0.05) is 0 Å². The molecule has 4 nitrogen and oxygen atoms in total. The molecule has 0 aliphatic carbocycles. The molecule has 0 bridgehead atoms. The van der Waals surface area contributed by atoms with Crippen LogP contribution in [-0.4, -0.2) is 30.3 Å². The summed E-state index contributed by atoms with van der Waals surface area (Å²) in [6.07, 6.45) is 0.500. The van der Waals surface area contributed by atoms with Crippen molar-refractivity contribution < 1.29 is 14.6 Å². The average Bonchev–Trinajstić information content (AvgIpc) is 2.28. The summed E-state index contributed by atoms with van der Waals surface area (Å²) in [5, 5.41) is 11.8. The topological polar surface area (TPSA) is 58.6 Å². The SMILES string of the molecule is COc1ccc(Br)c(C(=O)NC(C)(C)CCO)c1. The molecule has 0 aliphatic heterocycles. The zero-order chi connectivity index (χ0) is 13.8. The molecular weight excluding hydrogens is 298 g/mol. The van der Waals surface area contributed by atoms with Gasteiger partial charge >= 0.3 is 0 Å². The van der Waals surface area contributed by atoms with E-state index < -0.39 is 5.54 Å². The predicted molar refractivity (Wildman–Crippen MR) is 73.9 cm³/mol. The molecule has 5 heteroatoms. The van der Waals surface area contributed by atoms with Crippen LogP contribution in [0.25, 0.3) is 0 Å². The average molecular weight is 316 g/mol. The summed E-state index contributed by atoms with van der Waals surface area (Å²) in [5.74, 6) is 0.433. The van der Waals surface area contributed by atoms with Gasteiger partial charge < -0.3 is 15.2 Å². The Morgan fingerprint density at radius 3 is 2.72 bits per heavy atom. The molecule has 18 heavy (non-hydrogen) atoms. The highest BCUT2D eigenvalue weighted by molar-refractivity contribution is 9.10. The normalized spacial score (nSPS) is 11.2. The van der Waals surface area contributed by atoms with Crippen LogP contribution in [0.3, 0.4) is 0 Å². The maximum atomic E-state index is 12.1. The molecule has 0 saturated heterocycles. The first-order chi connectivity index (χ1) is 8.39. The first-order valence-corrected chi connectivity index (χ1v) is 6.46. The minimum absolute atomic E-state index is 0.0343. The van der Waals surface area contributed by atoms with Crippen LogP contribution < -0.4 is 10.1 Å². The molecule has 100 valence electrons. The van der Waals surface area contributed by atoms with Crippen molar-refractivity contribution in [1.82, 2.24) is 5.32 Å². The molecule has 0 saturated carbocycles. The van der Waals surface area contributed by atoms with Crippen LogP contribution in [0.5, 0.6) is 5.75 Å². The molecule has 0 aromatic heterocycles. The van der Waals surface area contributed by atoms with Crippen LogP contribution >= 0.6 is 15.9 Å². The molecule has 0 spiro atoms. The monoisotopic (exact) mass is 315 g/mol. The van der Waals surface area contributed by atoms with Gasteiger partial charge in [0.05, 0.1) is 12.7 Å². The minimum atomic E-state index is -0.450. The van der Waals surface area contributed by atoms with Gasteiger partial charge in [0.15, 0.2) is 0 Å². The Bertz CT molecular complexity index is 432. The molecule has 1 aromatic rings. The largest absolute Gasteiger partial charge is 0.497 e. The predicted octanol–water partition coefficient (Wildman–Crippen LogP) is 2.35. The van der Waals surface area contributed by atoms with Gasteiger partial charge in [-0.05, 0) is 54.4 Å². The smallest absolute Gasteiger partial charge is 0.252 e. The maximum Gasteiger partial charge on any atom is 0.252 e. The lowest BCUT2D eigenvalue weighted by atomic mass is 10.0. The fourth-order valence-corrected chi connectivity index (χ4v) is 1.95. The van der Waals surface area contributed by atoms with Crippen LogP contribution in [-0.2, 0) is 0 Å². The van der Waals surface area contributed by atoms with Crippen LogP contribution in [0.2, 0.25) is 0 Å². The Hall–Kier alpha value is -1.07. The summed E-state index contributed by atoms with van der Waals surface area (Å²) in [7, 11) is 1.56. The Labute approximate surface area is 115 Å². The summed E-state index contributed by atoms with van der Waals surface area (Å²) in [6, 6.07) is 5.22. The van der Waals surface area contributed by atoms with Gasteiger partial charge in [-0.2, -0.15) is 0 Å². The highest BCUT2D eigenvalue weighted by Crippen LogP contribution is 2.23. The first-order valence-electron chi connectivity index (χ1n) is 5.66. The highest BCUT2D eigenvalue weighted by Gasteiger charge is 2.22. The van der Waals surface area contributed by atoms with E-state index in [9.17, 15) is 4.79 Å². The molecule has 2 N–H and O–H groups in total. The van der Waals surface area contributed by atoms with Crippen molar-refractivity contribution >= 4 is 21.8 Å². The van der Waals surface area contributed by atoms with E-state index in [1.807, 2.05) is 13.8 Å². The number of hydrogen-bond donors (Lipinski definition) is 2. The van der Waals surface area contributed by atoms with Gasteiger partial charge in [0.25, 0.3) is 5.91 Å². The van der Waals surface area contributed by atoms with Crippen molar-refractivity contribution in [3.05, 3.63) is 28.2 Å². The van der Waals surface area contributed by atoms with E-state index >= 15 is 0 Å². The number of benzene rings is 1. The molecule has 1 aromatic carbocycles. The Kier molecular flexibility index (Phi) is 5.16. The summed E-state index contributed by atoms with van der Waals surface area (Å²) >= 11 is 3.34. The number of ether oxygens (including phenoxy) is 1. The molecule has 0 radical (unpaired) electrons. The molecule has 0 heterocycles. The lowest BCUT2D eigenvalue weighted by Gasteiger charge is -2.25. The van der Waals surface area contributed by atoms with E-state index in [2.05, 4.69) is 21.2 Å². The van der Waals surface area contributed by atoms with Gasteiger partial charge in [-0.25, -0.2) is 0 Å². The molecule has 0 aliphatic rings. The van der Waals surface area contributed by atoms with Crippen LogP contribution in [0.4, 0.5) is 0 Å². The zero-order valence-electron chi connectivity index (χ0n) is 10.8. The van der Waals surface area contributed by atoms with Crippen molar-refractivity contribution in [3.63, 3.8) is 0 Å². The number of carbonyl (C=O) groups excluding carboxylic acids is 1. The number of aliphatic hydroxyl groups is 1. The van der Waals surface area contributed by atoms with Gasteiger partial charge in [0, 0.05) is 16.6 Å². The Morgan fingerprint density at radius 1 is 1.50 bits per heavy atom. The Morgan fingerprint density at radius 2 is 2.17 bits per heavy atom. The summed E-state index contributed by atoms with van der Waals surface area (Å²) in [6.45, 7) is 3.77. The quantitative estimate of drug-likeness (QED) is 0.877. The van der Waals surface area contributed by atoms with Gasteiger partial charge in [0.2, 0.25) is 0 Å². The zero-order valence-corrected chi connectivity index (χ0v) is 12.4. The number of aliphatic hydroxyl groups excluding tert-OH is 1. The molecular formula is C13H18BrNO3. The molecule has 0 unspecified atom stereocenters. The lowest BCUT2D eigenvalue weighted by molar-refractivity contribution is 0.0898. The number of nitrogens with one attached hydrogen (secondary N) is 1. The van der Waals surface area contributed by atoms with Crippen LogP contribution in [0.1, 0.15) is 30.6 Å². The summed E-state index contributed by atoms with van der Waals surface area (Å²) in [5.41, 5.74) is 0.0642. The minimum Gasteiger partial charge on any atom is -0.497 e. The number of hydrogen-bond acceptors (Lipinski definition) is 3. The number of amides is 1. The molecule has 0 fully saturated rings. The van der Waals surface area contributed by atoms with E-state index in [-0.39, 0.29) is 12.5 Å². The standard InChI is InChI=1S/C13H18BrNO3/c1-13(2,6-7-16)15-12(17)10-8-9(18-3)4-5-11(10)14/h4-5,8,16H,6-7H2,1-3H3,(H,15,17). The van der Waals surface area contributed by atoms with Gasteiger partial charge in [-0.3, -0.25) is 4.79 Å². The fourth-order valence-electron chi connectivity index (χ4n) is 1.52. The van der Waals surface area contributed by atoms with E-state index in [0.717, 1.165) is 0 Å². The highest BCUT2D eigenvalue weighted by atomic mass is 79.9. The van der Waals surface area contributed by atoms with Gasteiger partial charge in [0.1, 0.15) is 5.75 Å². The van der Waals surface area contributed by atoms with E-state index in [1.165, 1.54) is 0 Å². The number of rotatable bonds is 5. The second kappa shape index (κ2) is 6.20. The lowest BCUT2D eigenvalue weighted by Crippen LogP contribution is -2.44. The molecule has 0 atom stereocenters. The van der Waals surface area contributed by atoms with Crippen molar-refractivity contribution in [1.29, 1.82) is 0 Å². The number of carbonyl (C=O) groups is 1. The fraction of sp³-hybridized carbons (Fsp3) is 0.462. The second-order valence-electron chi connectivity index (χ2n) is 4.66. The number of halogens is 1. The summed E-state index contributed by atoms with van der Waals surface area (Å²) in [4.78, 5) is 12.1. The molecule has 1 amide bonds. The van der Waals surface area contributed by atoms with Gasteiger partial charge in [-0.15, -0.1) is 0 Å². The van der Waals surface area contributed by atoms with Crippen molar-refractivity contribution in [2.45, 2.75) is 25.8 Å².